The van der Waals surface area contributed by atoms with Gasteiger partial charge in [-0.2, -0.15) is 11.8 Å². The first-order chi connectivity index (χ1) is 8.40. The molecule has 1 aliphatic carbocycles. The topological polar surface area (TPSA) is 21.3 Å². The highest BCUT2D eigenvalue weighted by atomic mass is 32.2. The SMILES string of the molecule is CNC(CSC1CCCCC1)C1CCOCC1. The van der Waals surface area contributed by atoms with Gasteiger partial charge in [0, 0.05) is 30.3 Å². The van der Waals surface area contributed by atoms with E-state index >= 15 is 0 Å². The van der Waals surface area contributed by atoms with E-state index in [0.717, 1.165) is 24.4 Å². The van der Waals surface area contributed by atoms with E-state index < -0.39 is 0 Å². The van der Waals surface area contributed by atoms with Crippen LogP contribution >= 0.6 is 11.8 Å². The molecule has 0 aromatic heterocycles. The fourth-order valence-corrected chi connectivity index (χ4v) is 4.63. The molecule has 0 amide bonds. The van der Waals surface area contributed by atoms with E-state index in [4.69, 9.17) is 4.74 Å². The van der Waals surface area contributed by atoms with Crippen LogP contribution in [0.5, 0.6) is 0 Å². The van der Waals surface area contributed by atoms with Crippen molar-refractivity contribution in [1.82, 2.24) is 5.32 Å². The summed E-state index contributed by atoms with van der Waals surface area (Å²) < 4.78 is 5.45. The molecule has 0 aromatic carbocycles. The van der Waals surface area contributed by atoms with Crippen LogP contribution in [0.4, 0.5) is 0 Å². The Hall–Kier alpha value is 0.270. The first-order valence-corrected chi connectivity index (χ1v) is 8.31. The lowest BCUT2D eigenvalue weighted by atomic mass is 9.93. The minimum Gasteiger partial charge on any atom is -0.381 e. The van der Waals surface area contributed by atoms with Crippen LogP contribution < -0.4 is 5.32 Å². The zero-order chi connectivity index (χ0) is 11.9. The maximum atomic E-state index is 5.45. The van der Waals surface area contributed by atoms with E-state index in [1.807, 2.05) is 0 Å². The number of nitrogens with one attached hydrogen (secondary N) is 1. The number of hydrogen-bond acceptors (Lipinski definition) is 3. The Bertz CT molecular complexity index is 200. The predicted molar refractivity (Wildman–Crippen MR) is 75.7 cm³/mol. The molecule has 2 nitrogen and oxygen atoms in total. The van der Waals surface area contributed by atoms with Gasteiger partial charge in [-0.1, -0.05) is 19.3 Å². The van der Waals surface area contributed by atoms with Crippen LogP contribution in [-0.2, 0) is 4.74 Å². The first-order valence-electron chi connectivity index (χ1n) is 7.26. The van der Waals surface area contributed by atoms with Crippen LogP contribution in [-0.4, -0.2) is 37.3 Å². The van der Waals surface area contributed by atoms with Crippen LogP contribution in [0.15, 0.2) is 0 Å². The fraction of sp³-hybridized carbons (Fsp3) is 1.00. The van der Waals surface area contributed by atoms with Crippen molar-refractivity contribution < 1.29 is 4.74 Å². The monoisotopic (exact) mass is 257 g/mol. The molecule has 3 heteroatoms. The second kappa shape index (κ2) is 7.65. The van der Waals surface area contributed by atoms with Crippen molar-refractivity contribution in [2.24, 2.45) is 5.92 Å². The van der Waals surface area contributed by atoms with E-state index in [9.17, 15) is 0 Å². The quantitative estimate of drug-likeness (QED) is 0.818. The lowest BCUT2D eigenvalue weighted by Crippen LogP contribution is -2.39. The molecular formula is C14H27NOS. The Morgan fingerprint density at radius 3 is 2.47 bits per heavy atom. The molecule has 1 saturated carbocycles. The molecule has 2 aliphatic rings. The zero-order valence-corrected chi connectivity index (χ0v) is 11.9. The molecule has 100 valence electrons. The summed E-state index contributed by atoms with van der Waals surface area (Å²) in [7, 11) is 2.13. The van der Waals surface area contributed by atoms with Crippen LogP contribution in [0, 0.1) is 5.92 Å². The van der Waals surface area contributed by atoms with Crippen molar-refractivity contribution in [2.75, 3.05) is 26.0 Å². The highest BCUT2D eigenvalue weighted by molar-refractivity contribution is 7.99. The van der Waals surface area contributed by atoms with Gasteiger partial charge in [-0.25, -0.2) is 0 Å². The van der Waals surface area contributed by atoms with Gasteiger partial charge in [-0.15, -0.1) is 0 Å². The summed E-state index contributed by atoms with van der Waals surface area (Å²) in [5, 5.41) is 4.48. The Kier molecular flexibility index (Phi) is 6.16. The van der Waals surface area contributed by atoms with Gasteiger partial charge < -0.3 is 10.1 Å². The summed E-state index contributed by atoms with van der Waals surface area (Å²) in [5.41, 5.74) is 0. The normalized spacial score (nSPS) is 25.9. The third kappa shape index (κ3) is 4.46. The Morgan fingerprint density at radius 2 is 1.82 bits per heavy atom. The zero-order valence-electron chi connectivity index (χ0n) is 11.1. The van der Waals surface area contributed by atoms with Crippen molar-refractivity contribution in [3.05, 3.63) is 0 Å². The number of hydrogen-bond donors (Lipinski definition) is 1. The summed E-state index contributed by atoms with van der Waals surface area (Å²) in [6.07, 6.45) is 9.78. The Morgan fingerprint density at radius 1 is 1.12 bits per heavy atom. The van der Waals surface area contributed by atoms with E-state index in [0.29, 0.717) is 6.04 Å². The van der Waals surface area contributed by atoms with Gasteiger partial charge in [0.05, 0.1) is 0 Å². The molecule has 1 saturated heterocycles. The van der Waals surface area contributed by atoms with Gasteiger partial charge in [-0.3, -0.25) is 0 Å². The number of ether oxygens (including phenoxy) is 1. The highest BCUT2D eigenvalue weighted by Gasteiger charge is 2.24. The molecule has 1 aliphatic heterocycles. The average Bonchev–Trinajstić information content (AvgIpc) is 2.42. The molecule has 1 atom stereocenters. The maximum Gasteiger partial charge on any atom is 0.0469 e. The van der Waals surface area contributed by atoms with E-state index in [2.05, 4.69) is 24.1 Å². The van der Waals surface area contributed by atoms with E-state index in [1.165, 1.54) is 50.7 Å². The minimum atomic E-state index is 0.700. The van der Waals surface area contributed by atoms with Gasteiger partial charge in [0.1, 0.15) is 0 Å². The molecule has 1 heterocycles. The molecule has 17 heavy (non-hydrogen) atoms. The third-order valence-electron chi connectivity index (χ3n) is 4.27. The third-order valence-corrected chi connectivity index (χ3v) is 5.76. The van der Waals surface area contributed by atoms with E-state index in [-0.39, 0.29) is 0 Å². The Labute approximate surface area is 110 Å². The smallest absolute Gasteiger partial charge is 0.0469 e. The maximum absolute atomic E-state index is 5.45. The van der Waals surface area contributed by atoms with Crippen molar-refractivity contribution in [2.45, 2.75) is 56.2 Å². The number of rotatable bonds is 5. The predicted octanol–water partition coefficient (Wildman–Crippen LogP) is 3.07. The summed E-state index contributed by atoms with van der Waals surface area (Å²) in [4.78, 5) is 0. The largest absolute Gasteiger partial charge is 0.381 e. The number of thioether (sulfide) groups is 1. The molecular weight excluding hydrogens is 230 g/mol. The van der Waals surface area contributed by atoms with Gasteiger partial charge in [-0.05, 0) is 38.6 Å². The molecule has 2 rings (SSSR count). The van der Waals surface area contributed by atoms with Crippen molar-refractivity contribution in [3.63, 3.8) is 0 Å². The molecule has 2 fully saturated rings. The van der Waals surface area contributed by atoms with Crippen molar-refractivity contribution in [1.29, 1.82) is 0 Å². The molecule has 0 bridgehead atoms. The molecule has 0 spiro atoms. The standard InChI is InChI=1S/C14H27NOS/c1-15-14(12-7-9-16-10-8-12)11-17-13-5-3-2-4-6-13/h12-15H,2-11H2,1H3. The summed E-state index contributed by atoms with van der Waals surface area (Å²) >= 11 is 2.22. The molecule has 1 N–H and O–H groups in total. The van der Waals surface area contributed by atoms with Gasteiger partial charge in [0.25, 0.3) is 0 Å². The van der Waals surface area contributed by atoms with Crippen LogP contribution in [0.2, 0.25) is 0 Å². The Balaban J connectivity index is 1.70. The second-order valence-corrected chi connectivity index (χ2v) is 6.77. The van der Waals surface area contributed by atoms with Crippen LogP contribution in [0.3, 0.4) is 0 Å². The lowest BCUT2D eigenvalue weighted by molar-refractivity contribution is 0.0574. The van der Waals surface area contributed by atoms with Crippen LogP contribution in [0.1, 0.15) is 44.9 Å². The fourth-order valence-electron chi connectivity index (χ4n) is 3.04. The van der Waals surface area contributed by atoms with Gasteiger partial charge >= 0.3 is 0 Å². The molecule has 1 unspecified atom stereocenters. The summed E-state index contributed by atoms with van der Waals surface area (Å²) in [6, 6.07) is 0.700. The van der Waals surface area contributed by atoms with Crippen LogP contribution in [0.25, 0.3) is 0 Å². The van der Waals surface area contributed by atoms with Gasteiger partial charge in [0.2, 0.25) is 0 Å². The first kappa shape index (κ1) is 13.7. The van der Waals surface area contributed by atoms with Crippen molar-refractivity contribution in [3.8, 4) is 0 Å². The van der Waals surface area contributed by atoms with Gasteiger partial charge in [0.15, 0.2) is 0 Å². The molecule has 0 radical (unpaired) electrons. The summed E-state index contributed by atoms with van der Waals surface area (Å²) in [5.74, 6) is 2.14. The van der Waals surface area contributed by atoms with Crippen molar-refractivity contribution >= 4 is 11.8 Å². The highest BCUT2D eigenvalue weighted by Crippen LogP contribution is 2.30. The molecule has 0 aromatic rings. The second-order valence-electron chi connectivity index (χ2n) is 5.44. The van der Waals surface area contributed by atoms with E-state index in [1.54, 1.807) is 0 Å². The minimum absolute atomic E-state index is 0.700. The average molecular weight is 257 g/mol. The lowest BCUT2D eigenvalue weighted by Gasteiger charge is -2.31. The summed E-state index contributed by atoms with van der Waals surface area (Å²) in [6.45, 7) is 1.94.